The first-order chi connectivity index (χ1) is 7.10. The van der Waals surface area contributed by atoms with Crippen LogP contribution < -0.4 is 0 Å². The summed E-state index contributed by atoms with van der Waals surface area (Å²) >= 11 is 5.51. The number of nitriles is 2. The summed E-state index contributed by atoms with van der Waals surface area (Å²) < 4.78 is 0. The molecule has 0 bridgehead atoms. The van der Waals surface area contributed by atoms with Gasteiger partial charge in [-0.05, 0) is 12.0 Å². The molecule has 0 spiro atoms. The molecule has 0 saturated carbocycles. The Hall–Kier alpha value is -1.55. The first-order valence-corrected chi connectivity index (χ1v) is 4.74. The molecular weight excluding hydrogens is 212 g/mol. The highest BCUT2D eigenvalue weighted by Gasteiger charge is 2.34. The highest BCUT2D eigenvalue weighted by molar-refractivity contribution is 6.24. The zero-order valence-corrected chi connectivity index (χ0v) is 8.65. The fourth-order valence-electron chi connectivity index (χ4n) is 1.19. The molecule has 2 unspecified atom stereocenters. The van der Waals surface area contributed by atoms with Crippen molar-refractivity contribution in [3.8, 4) is 12.1 Å². The molecule has 0 aliphatic carbocycles. The van der Waals surface area contributed by atoms with E-state index in [4.69, 9.17) is 22.1 Å². The number of aliphatic hydroxyl groups is 1. The number of rotatable bonds is 3. The summed E-state index contributed by atoms with van der Waals surface area (Å²) in [6.45, 7) is 0. The van der Waals surface area contributed by atoms with Crippen molar-refractivity contribution in [2.45, 2.75) is 11.5 Å². The third kappa shape index (κ3) is 2.95. The molecule has 1 N–H and O–H groups in total. The van der Waals surface area contributed by atoms with Crippen LogP contribution in [0.4, 0.5) is 0 Å². The Balaban J connectivity index is 2.82. The summed E-state index contributed by atoms with van der Waals surface area (Å²) in [5.74, 6) is -0.938. The van der Waals surface area contributed by atoms with Crippen LogP contribution in [0.1, 0.15) is 5.56 Å². The Bertz CT molecular complexity index is 403. The molecule has 0 heterocycles. The Morgan fingerprint density at radius 1 is 1.33 bits per heavy atom. The lowest BCUT2D eigenvalue weighted by Gasteiger charge is -2.17. The molecule has 0 amide bonds. The number of halogens is 1. The van der Waals surface area contributed by atoms with E-state index in [0.29, 0.717) is 0 Å². The average molecular weight is 221 g/mol. The van der Waals surface area contributed by atoms with E-state index in [9.17, 15) is 5.11 Å². The highest BCUT2D eigenvalue weighted by Crippen LogP contribution is 2.24. The monoisotopic (exact) mass is 220 g/mol. The predicted octanol–water partition coefficient (Wildman–Crippen LogP) is 1.82. The highest BCUT2D eigenvalue weighted by atomic mass is 35.5. The second-order valence-corrected chi connectivity index (χ2v) is 3.73. The Labute approximate surface area is 93.1 Å². The molecule has 0 fully saturated rings. The minimum Gasteiger partial charge on any atom is -0.362 e. The third-order valence-corrected chi connectivity index (χ3v) is 2.40. The normalized spacial score (nSPS) is 15.7. The lowest BCUT2D eigenvalue weighted by atomic mass is 9.95. The molecule has 0 radical (unpaired) electrons. The van der Waals surface area contributed by atoms with Crippen LogP contribution in [-0.2, 0) is 6.42 Å². The van der Waals surface area contributed by atoms with Crippen molar-refractivity contribution in [2.24, 2.45) is 5.92 Å². The summed E-state index contributed by atoms with van der Waals surface area (Å²) in [5.41, 5.74) is 0.860. The maximum Gasteiger partial charge on any atom is 0.243 e. The maximum atomic E-state index is 9.43. The fraction of sp³-hybridized carbons (Fsp3) is 0.273. The van der Waals surface area contributed by atoms with Gasteiger partial charge in [-0.1, -0.05) is 41.9 Å². The van der Waals surface area contributed by atoms with E-state index in [2.05, 4.69) is 0 Å². The lowest BCUT2D eigenvalue weighted by molar-refractivity contribution is 0.143. The van der Waals surface area contributed by atoms with E-state index in [0.717, 1.165) is 5.56 Å². The summed E-state index contributed by atoms with van der Waals surface area (Å²) in [5, 5.41) is 24.7. The third-order valence-electron chi connectivity index (χ3n) is 2.06. The zero-order chi connectivity index (χ0) is 11.3. The van der Waals surface area contributed by atoms with Crippen molar-refractivity contribution in [1.29, 1.82) is 10.5 Å². The molecule has 76 valence electrons. The molecule has 1 aromatic carbocycles. The van der Waals surface area contributed by atoms with Crippen LogP contribution in [0, 0.1) is 28.6 Å². The molecule has 1 aromatic rings. The summed E-state index contributed by atoms with van der Waals surface area (Å²) in [7, 11) is 0. The molecule has 1 rings (SSSR count). The van der Waals surface area contributed by atoms with E-state index < -0.39 is 11.0 Å². The molecule has 4 heteroatoms. The Kier molecular flexibility index (Phi) is 3.68. The second-order valence-electron chi connectivity index (χ2n) is 3.16. The van der Waals surface area contributed by atoms with Gasteiger partial charge in [0.1, 0.15) is 12.0 Å². The predicted molar refractivity (Wildman–Crippen MR) is 55.7 cm³/mol. The van der Waals surface area contributed by atoms with E-state index in [1.807, 2.05) is 36.4 Å². The summed E-state index contributed by atoms with van der Waals surface area (Å²) in [4.78, 5) is 0. The van der Waals surface area contributed by atoms with E-state index >= 15 is 0 Å². The van der Waals surface area contributed by atoms with Crippen LogP contribution in [0.2, 0.25) is 0 Å². The van der Waals surface area contributed by atoms with E-state index in [1.54, 1.807) is 0 Å². The SMILES string of the molecule is N#CC(Cc1ccccc1)C(O)(Cl)C#N. The largest absolute Gasteiger partial charge is 0.362 e. The van der Waals surface area contributed by atoms with Gasteiger partial charge in [-0.25, -0.2) is 0 Å². The van der Waals surface area contributed by atoms with Gasteiger partial charge in [0.05, 0.1) is 6.07 Å². The van der Waals surface area contributed by atoms with Crippen molar-refractivity contribution in [3.63, 3.8) is 0 Å². The second kappa shape index (κ2) is 4.79. The number of alkyl halides is 1. The van der Waals surface area contributed by atoms with Crippen molar-refractivity contribution < 1.29 is 5.11 Å². The standard InChI is InChI=1S/C11H9ClN2O/c12-11(15,8-14)10(7-13)6-9-4-2-1-3-5-9/h1-5,10,15H,6H2. The minimum absolute atomic E-state index is 0.255. The smallest absolute Gasteiger partial charge is 0.243 e. The van der Waals surface area contributed by atoms with Gasteiger partial charge in [-0.3, -0.25) is 0 Å². The van der Waals surface area contributed by atoms with Gasteiger partial charge in [0.2, 0.25) is 5.06 Å². The van der Waals surface area contributed by atoms with E-state index in [-0.39, 0.29) is 6.42 Å². The van der Waals surface area contributed by atoms with Gasteiger partial charge in [0.25, 0.3) is 0 Å². The fourth-order valence-corrected chi connectivity index (χ4v) is 1.32. The molecule has 0 aliphatic rings. The molecule has 3 nitrogen and oxygen atoms in total. The number of hydrogen-bond acceptors (Lipinski definition) is 3. The molecule has 0 saturated heterocycles. The number of nitrogens with zero attached hydrogens (tertiary/aromatic N) is 2. The summed E-state index contributed by atoms with van der Waals surface area (Å²) in [6.07, 6.45) is 0.255. The number of hydrogen-bond donors (Lipinski definition) is 1. The van der Waals surface area contributed by atoms with Crippen LogP contribution in [0.25, 0.3) is 0 Å². The van der Waals surface area contributed by atoms with Gasteiger partial charge < -0.3 is 5.11 Å². The first kappa shape index (κ1) is 11.5. The topological polar surface area (TPSA) is 67.8 Å². The van der Waals surface area contributed by atoms with Gasteiger partial charge in [-0.2, -0.15) is 10.5 Å². The van der Waals surface area contributed by atoms with E-state index in [1.165, 1.54) is 6.07 Å². The van der Waals surface area contributed by atoms with Crippen LogP contribution in [0.5, 0.6) is 0 Å². The minimum atomic E-state index is -2.12. The molecular formula is C11H9ClN2O. The van der Waals surface area contributed by atoms with Gasteiger partial charge in [-0.15, -0.1) is 0 Å². The van der Waals surface area contributed by atoms with Crippen molar-refractivity contribution in [2.75, 3.05) is 0 Å². The van der Waals surface area contributed by atoms with Crippen molar-refractivity contribution in [1.82, 2.24) is 0 Å². The van der Waals surface area contributed by atoms with Crippen molar-refractivity contribution in [3.05, 3.63) is 35.9 Å². The zero-order valence-electron chi connectivity index (χ0n) is 7.89. The van der Waals surface area contributed by atoms with Gasteiger partial charge >= 0.3 is 0 Å². The average Bonchev–Trinajstić information content (AvgIpc) is 2.27. The first-order valence-electron chi connectivity index (χ1n) is 4.36. The van der Waals surface area contributed by atoms with Crippen LogP contribution in [-0.4, -0.2) is 10.2 Å². The Morgan fingerprint density at radius 3 is 2.40 bits per heavy atom. The Morgan fingerprint density at radius 2 is 1.93 bits per heavy atom. The van der Waals surface area contributed by atoms with Gasteiger partial charge in [0, 0.05) is 0 Å². The molecule has 0 aliphatic heterocycles. The van der Waals surface area contributed by atoms with Crippen LogP contribution in [0.15, 0.2) is 30.3 Å². The van der Waals surface area contributed by atoms with Crippen molar-refractivity contribution >= 4 is 11.6 Å². The molecule has 2 atom stereocenters. The molecule has 0 aromatic heterocycles. The molecule has 15 heavy (non-hydrogen) atoms. The summed E-state index contributed by atoms with van der Waals surface area (Å²) in [6, 6.07) is 12.5. The number of benzene rings is 1. The van der Waals surface area contributed by atoms with Crippen LogP contribution >= 0.6 is 11.6 Å². The van der Waals surface area contributed by atoms with Crippen LogP contribution in [0.3, 0.4) is 0 Å². The maximum absolute atomic E-state index is 9.43. The lowest BCUT2D eigenvalue weighted by Crippen LogP contribution is -2.30. The van der Waals surface area contributed by atoms with Gasteiger partial charge in [0.15, 0.2) is 0 Å². The quantitative estimate of drug-likeness (QED) is 0.624.